The van der Waals surface area contributed by atoms with Gasteiger partial charge < -0.3 is 4.74 Å². The van der Waals surface area contributed by atoms with E-state index in [-0.39, 0.29) is 5.56 Å². The van der Waals surface area contributed by atoms with Crippen LogP contribution in [0.3, 0.4) is 0 Å². The van der Waals surface area contributed by atoms with Gasteiger partial charge in [0.25, 0.3) is 5.56 Å². The average molecular weight is 439 g/mol. The lowest BCUT2D eigenvalue weighted by molar-refractivity contribution is 0.340. The molecule has 3 heterocycles. The number of hydrogen-bond donors (Lipinski definition) is 0. The highest BCUT2D eigenvalue weighted by Gasteiger charge is 2.24. The van der Waals surface area contributed by atoms with Gasteiger partial charge in [0.05, 0.1) is 23.9 Å². The van der Waals surface area contributed by atoms with Crippen molar-refractivity contribution >= 4 is 33.3 Å². The van der Waals surface area contributed by atoms with E-state index in [9.17, 15) is 4.79 Å². The highest BCUT2D eigenvalue weighted by atomic mass is 32.2. The van der Waals surface area contributed by atoms with Crippen molar-refractivity contribution in [1.82, 2.24) is 19.3 Å². The normalized spacial score (nSPS) is 13.1. The van der Waals surface area contributed by atoms with Crippen LogP contribution in [-0.4, -0.2) is 25.9 Å². The van der Waals surface area contributed by atoms with Crippen LogP contribution in [0.15, 0.2) is 46.6 Å². The van der Waals surface area contributed by atoms with E-state index in [1.54, 1.807) is 32.3 Å². The van der Waals surface area contributed by atoms with Crippen molar-refractivity contribution in [2.45, 2.75) is 37.1 Å². The topological polar surface area (TPSA) is 61.9 Å². The van der Waals surface area contributed by atoms with Crippen LogP contribution in [0.1, 0.15) is 29.3 Å². The molecule has 8 heteroatoms. The highest BCUT2D eigenvalue weighted by Crippen LogP contribution is 2.36. The summed E-state index contributed by atoms with van der Waals surface area (Å²) in [5.41, 5.74) is 3.14. The average Bonchev–Trinajstić information content (AvgIpc) is 3.43. The van der Waals surface area contributed by atoms with Crippen molar-refractivity contribution < 1.29 is 4.74 Å². The number of thioether (sulfide) groups is 1. The van der Waals surface area contributed by atoms with Crippen LogP contribution in [0.2, 0.25) is 0 Å². The summed E-state index contributed by atoms with van der Waals surface area (Å²) in [7, 11) is 1.90. The molecule has 0 amide bonds. The van der Waals surface area contributed by atoms with Gasteiger partial charge in [-0.25, -0.2) is 4.98 Å². The summed E-state index contributed by atoms with van der Waals surface area (Å²) in [5, 5.41) is 5.75. The molecule has 154 valence electrons. The largest absolute Gasteiger partial charge is 0.494 e. The molecular weight excluding hydrogens is 416 g/mol. The maximum Gasteiger partial charge on any atom is 0.267 e. The lowest BCUT2D eigenvalue weighted by Gasteiger charge is -2.13. The highest BCUT2D eigenvalue weighted by molar-refractivity contribution is 7.98. The van der Waals surface area contributed by atoms with Crippen molar-refractivity contribution in [3.8, 4) is 11.4 Å². The first-order chi connectivity index (χ1) is 14.6. The first kappa shape index (κ1) is 19.4. The second-order valence-electron chi connectivity index (χ2n) is 7.31. The molecule has 0 unspecified atom stereocenters. The van der Waals surface area contributed by atoms with Crippen LogP contribution in [0.25, 0.3) is 15.9 Å². The number of hydrogen-bond acceptors (Lipinski definition) is 6. The predicted molar refractivity (Wildman–Crippen MR) is 121 cm³/mol. The number of benzene rings is 1. The predicted octanol–water partition coefficient (Wildman–Crippen LogP) is 4.36. The molecule has 4 aromatic rings. The number of aromatic nitrogens is 4. The Morgan fingerprint density at radius 1 is 1.23 bits per heavy atom. The number of thiophene rings is 1. The Balaban J connectivity index is 1.62. The number of nitrogens with zero attached hydrogens (tertiary/aromatic N) is 4. The van der Waals surface area contributed by atoms with Gasteiger partial charge in [0.1, 0.15) is 10.6 Å². The molecule has 0 radical (unpaired) electrons. The molecule has 30 heavy (non-hydrogen) atoms. The van der Waals surface area contributed by atoms with E-state index in [1.807, 2.05) is 50.6 Å². The Labute approximate surface area is 182 Å². The van der Waals surface area contributed by atoms with Gasteiger partial charge in [-0.05, 0) is 56.0 Å². The molecule has 3 aromatic heterocycles. The molecule has 6 nitrogen and oxygen atoms in total. The Bertz CT molecular complexity index is 1270. The monoisotopic (exact) mass is 438 g/mol. The van der Waals surface area contributed by atoms with Gasteiger partial charge in [0.2, 0.25) is 0 Å². The third kappa shape index (κ3) is 3.44. The molecule has 1 aliphatic rings. The van der Waals surface area contributed by atoms with Crippen molar-refractivity contribution in [2.75, 3.05) is 6.61 Å². The van der Waals surface area contributed by atoms with Crippen LogP contribution in [0.5, 0.6) is 5.75 Å². The van der Waals surface area contributed by atoms with Gasteiger partial charge in [0, 0.05) is 29.4 Å². The maximum atomic E-state index is 13.7. The molecule has 0 aliphatic heterocycles. The summed E-state index contributed by atoms with van der Waals surface area (Å²) in [6, 6.07) is 7.67. The van der Waals surface area contributed by atoms with Crippen LogP contribution in [0, 0.1) is 0 Å². The molecule has 0 saturated heterocycles. The lowest BCUT2D eigenvalue weighted by Crippen LogP contribution is -2.21. The lowest BCUT2D eigenvalue weighted by atomic mass is 10.2. The quantitative estimate of drug-likeness (QED) is 0.331. The van der Waals surface area contributed by atoms with E-state index >= 15 is 0 Å². The van der Waals surface area contributed by atoms with Crippen molar-refractivity contribution in [3.63, 3.8) is 0 Å². The smallest absolute Gasteiger partial charge is 0.267 e. The van der Waals surface area contributed by atoms with Crippen LogP contribution in [0.4, 0.5) is 0 Å². The minimum absolute atomic E-state index is 0.0252. The van der Waals surface area contributed by atoms with Crippen LogP contribution >= 0.6 is 23.1 Å². The number of ether oxygens (including phenoxy) is 1. The van der Waals surface area contributed by atoms with Crippen molar-refractivity contribution in [1.29, 1.82) is 0 Å². The summed E-state index contributed by atoms with van der Waals surface area (Å²) >= 11 is 3.25. The molecule has 0 saturated carbocycles. The van der Waals surface area contributed by atoms with Gasteiger partial charge in [-0.3, -0.25) is 14.0 Å². The molecule has 1 aromatic carbocycles. The summed E-state index contributed by atoms with van der Waals surface area (Å²) in [4.78, 5) is 20.8. The van der Waals surface area contributed by atoms with E-state index in [0.717, 1.165) is 46.5 Å². The molecule has 0 spiro atoms. The van der Waals surface area contributed by atoms with Gasteiger partial charge in [-0.15, -0.1) is 11.3 Å². The van der Waals surface area contributed by atoms with Gasteiger partial charge in [0.15, 0.2) is 5.16 Å². The fraction of sp³-hybridized carbons (Fsp3) is 0.318. The molecule has 0 N–H and O–H groups in total. The Morgan fingerprint density at radius 3 is 2.80 bits per heavy atom. The van der Waals surface area contributed by atoms with Crippen molar-refractivity contribution in [3.05, 3.63) is 63.0 Å². The van der Waals surface area contributed by atoms with Gasteiger partial charge in [-0.1, -0.05) is 11.8 Å². The summed E-state index contributed by atoms with van der Waals surface area (Å²) in [6.45, 7) is 2.57. The summed E-state index contributed by atoms with van der Waals surface area (Å²) in [6.07, 6.45) is 6.99. The summed E-state index contributed by atoms with van der Waals surface area (Å²) < 4.78 is 9.11. The zero-order valence-corrected chi connectivity index (χ0v) is 18.6. The zero-order valence-electron chi connectivity index (χ0n) is 16.9. The molecule has 0 atom stereocenters. The Kier molecular flexibility index (Phi) is 5.12. The second-order valence-corrected chi connectivity index (χ2v) is 9.34. The Hall–Kier alpha value is -2.58. The van der Waals surface area contributed by atoms with Gasteiger partial charge in [-0.2, -0.15) is 5.10 Å². The summed E-state index contributed by atoms with van der Waals surface area (Å²) in [5.74, 6) is 1.50. The van der Waals surface area contributed by atoms with E-state index in [2.05, 4.69) is 5.10 Å². The SMILES string of the molecule is CCOc1ccc(-n2c(SCc3cnn(C)c3)nc3sc4c(c3c2=O)CCC4)cc1. The molecule has 1 aliphatic carbocycles. The van der Waals surface area contributed by atoms with E-state index in [1.165, 1.54) is 10.4 Å². The van der Waals surface area contributed by atoms with Crippen LogP contribution < -0.4 is 10.3 Å². The standard InChI is InChI=1S/C22H22N4O2S2/c1-3-28-16-9-7-15(8-10-16)26-21(27)19-17-5-4-6-18(17)30-20(19)24-22(26)29-13-14-11-23-25(2)12-14/h7-12H,3-6,13H2,1-2H3. The van der Waals surface area contributed by atoms with E-state index in [0.29, 0.717) is 17.5 Å². The van der Waals surface area contributed by atoms with E-state index < -0.39 is 0 Å². The number of aryl methyl sites for hydroxylation is 3. The fourth-order valence-corrected chi connectivity index (χ4v) is 6.13. The first-order valence-electron chi connectivity index (χ1n) is 10.0. The first-order valence-corrected chi connectivity index (χ1v) is 11.8. The molecule has 0 bridgehead atoms. The molecule has 5 rings (SSSR count). The zero-order chi connectivity index (χ0) is 20.7. The number of rotatable bonds is 6. The van der Waals surface area contributed by atoms with E-state index in [4.69, 9.17) is 9.72 Å². The fourth-order valence-electron chi connectivity index (χ4n) is 3.90. The maximum absolute atomic E-state index is 13.7. The third-order valence-electron chi connectivity index (χ3n) is 5.24. The third-order valence-corrected chi connectivity index (χ3v) is 7.44. The molecule has 0 fully saturated rings. The minimum Gasteiger partial charge on any atom is -0.494 e. The second kappa shape index (κ2) is 7.92. The van der Waals surface area contributed by atoms with Crippen LogP contribution in [-0.2, 0) is 25.6 Å². The van der Waals surface area contributed by atoms with Gasteiger partial charge >= 0.3 is 0 Å². The Morgan fingerprint density at radius 2 is 2.07 bits per heavy atom. The molecular formula is C22H22N4O2S2. The van der Waals surface area contributed by atoms with Crippen molar-refractivity contribution in [2.24, 2.45) is 7.05 Å². The minimum atomic E-state index is 0.0252. The number of fused-ring (bicyclic) bond motifs is 3.